The molecule has 0 atom stereocenters. The number of aliphatic carboxylic acids is 1. The quantitative estimate of drug-likeness (QED) is 0.702. The third-order valence-corrected chi connectivity index (χ3v) is 2.70. The van der Waals surface area contributed by atoms with E-state index in [-0.39, 0.29) is 17.9 Å². The van der Waals surface area contributed by atoms with Crippen molar-refractivity contribution in [3.63, 3.8) is 0 Å². The number of likely N-dealkylation sites (N-methyl/N-ethyl adjacent to an activating group) is 1. The Morgan fingerprint density at radius 3 is 2.31 bits per heavy atom. The first kappa shape index (κ1) is 10.0. The van der Waals surface area contributed by atoms with E-state index < -0.39 is 5.97 Å². The Labute approximate surface area is 77.5 Å². The first-order valence-corrected chi connectivity index (χ1v) is 4.49. The van der Waals surface area contributed by atoms with Crippen molar-refractivity contribution in [2.45, 2.75) is 26.2 Å². The van der Waals surface area contributed by atoms with Gasteiger partial charge in [-0.05, 0) is 19.3 Å². The summed E-state index contributed by atoms with van der Waals surface area (Å²) >= 11 is 0. The number of carboxylic acid groups (broad SMARTS) is 1. The number of amides is 1. The number of carbonyl (C=O) groups is 2. The van der Waals surface area contributed by atoms with Gasteiger partial charge < -0.3 is 10.0 Å². The number of rotatable bonds is 4. The van der Waals surface area contributed by atoms with Crippen LogP contribution in [0.1, 0.15) is 26.2 Å². The van der Waals surface area contributed by atoms with Crippen LogP contribution in [0.15, 0.2) is 0 Å². The SMILES string of the molecule is CCC1(C(=O)N(C)CC(=O)O)CC1. The molecule has 4 nitrogen and oxygen atoms in total. The van der Waals surface area contributed by atoms with E-state index in [4.69, 9.17) is 5.11 Å². The number of hydrogen-bond donors (Lipinski definition) is 1. The van der Waals surface area contributed by atoms with Gasteiger partial charge in [-0.15, -0.1) is 0 Å². The Kier molecular flexibility index (Phi) is 2.59. The fourth-order valence-corrected chi connectivity index (χ4v) is 1.55. The van der Waals surface area contributed by atoms with Crippen molar-refractivity contribution in [3.8, 4) is 0 Å². The molecule has 4 heteroatoms. The topological polar surface area (TPSA) is 57.6 Å². The predicted octanol–water partition coefficient (Wildman–Crippen LogP) is 0.720. The van der Waals surface area contributed by atoms with E-state index in [2.05, 4.69) is 0 Å². The van der Waals surface area contributed by atoms with E-state index in [0.29, 0.717) is 0 Å². The molecule has 13 heavy (non-hydrogen) atoms. The van der Waals surface area contributed by atoms with Crippen LogP contribution in [-0.4, -0.2) is 35.5 Å². The van der Waals surface area contributed by atoms with Gasteiger partial charge in [-0.3, -0.25) is 9.59 Å². The maximum atomic E-state index is 11.7. The Hall–Kier alpha value is -1.06. The van der Waals surface area contributed by atoms with Crippen molar-refractivity contribution in [1.29, 1.82) is 0 Å². The fraction of sp³-hybridized carbons (Fsp3) is 0.778. The molecular weight excluding hydrogens is 170 g/mol. The van der Waals surface area contributed by atoms with Gasteiger partial charge in [-0.25, -0.2) is 0 Å². The van der Waals surface area contributed by atoms with Crippen molar-refractivity contribution < 1.29 is 14.7 Å². The van der Waals surface area contributed by atoms with Crippen molar-refractivity contribution in [2.75, 3.05) is 13.6 Å². The molecule has 1 fully saturated rings. The second-order valence-corrected chi connectivity index (χ2v) is 3.69. The zero-order valence-corrected chi connectivity index (χ0v) is 8.04. The highest BCUT2D eigenvalue weighted by Gasteiger charge is 2.49. The molecule has 0 bridgehead atoms. The number of carboxylic acids is 1. The third-order valence-electron chi connectivity index (χ3n) is 2.70. The van der Waals surface area contributed by atoms with Crippen LogP contribution in [-0.2, 0) is 9.59 Å². The average molecular weight is 185 g/mol. The number of hydrogen-bond acceptors (Lipinski definition) is 2. The van der Waals surface area contributed by atoms with Crippen LogP contribution < -0.4 is 0 Å². The van der Waals surface area contributed by atoms with Gasteiger partial charge in [0.05, 0.1) is 0 Å². The zero-order valence-electron chi connectivity index (χ0n) is 8.04. The van der Waals surface area contributed by atoms with Gasteiger partial charge in [0, 0.05) is 12.5 Å². The normalized spacial score (nSPS) is 18.0. The molecule has 1 aliphatic rings. The molecule has 0 heterocycles. The van der Waals surface area contributed by atoms with Gasteiger partial charge in [0.2, 0.25) is 5.91 Å². The molecular formula is C9H15NO3. The lowest BCUT2D eigenvalue weighted by atomic mass is 10.0. The van der Waals surface area contributed by atoms with E-state index in [1.807, 2.05) is 6.92 Å². The van der Waals surface area contributed by atoms with Crippen LogP contribution in [0.4, 0.5) is 0 Å². The smallest absolute Gasteiger partial charge is 0.323 e. The lowest BCUT2D eigenvalue weighted by molar-refractivity contribution is -0.145. The van der Waals surface area contributed by atoms with Gasteiger partial charge >= 0.3 is 5.97 Å². The molecule has 0 saturated heterocycles. The van der Waals surface area contributed by atoms with Gasteiger partial charge in [0.1, 0.15) is 6.54 Å². The molecule has 0 unspecified atom stereocenters. The zero-order chi connectivity index (χ0) is 10.1. The monoisotopic (exact) mass is 185 g/mol. The second-order valence-electron chi connectivity index (χ2n) is 3.69. The fourth-order valence-electron chi connectivity index (χ4n) is 1.55. The molecule has 1 N–H and O–H groups in total. The lowest BCUT2D eigenvalue weighted by Gasteiger charge is -2.20. The molecule has 0 aromatic rings. The molecule has 0 spiro atoms. The Bertz CT molecular complexity index is 233. The van der Waals surface area contributed by atoms with E-state index in [1.165, 1.54) is 4.90 Å². The standard InChI is InChI=1S/C9H15NO3/c1-3-9(4-5-9)8(13)10(2)6-7(11)12/h3-6H2,1-2H3,(H,11,12). The molecule has 1 rings (SSSR count). The highest BCUT2D eigenvalue weighted by molar-refractivity contribution is 5.87. The first-order valence-electron chi connectivity index (χ1n) is 4.49. The van der Waals surface area contributed by atoms with E-state index in [1.54, 1.807) is 7.05 Å². The minimum absolute atomic E-state index is 0.0163. The number of carbonyl (C=O) groups excluding carboxylic acids is 1. The van der Waals surface area contributed by atoms with E-state index >= 15 is 0 Å². The van der Waals surface area contributed by atoms with Gasteiger partial charge in [-0.1, -0.05) is 6.92 Å². The summed E-state index contributed by atoms with van der Waals surface area (Å²) in [6.07, 6.45) is 2.63. The lowest BCUT2D eigenvalue weighted by Crippen LogP contribution is -2.37. The molecule has 1 saturated carbocycles. The summed E-state index contributed by atoms with van der Waals surface area (Å²) in [5.41, 5.74) is -0.218. The van der Waals surface area contributed by atoms with Crippen LogP contribution in [0, 0.1) is 5.41 Å². The average Bonchev–Trinajstić information content (AvgIpc) is 2.82. The summed E-state index contributed by atoms with van der Waals surface area (Å²) < 4.78 is 0. The van der Waals surface area contributed by atoms with E-state index in [0.717, 1.165) is 19.3 Å². The van der Waals surface area contributed by atoms with Crippen molar-refractivity contribution in [3.05, 3.63) is 0 Å². The van der Waals surface area contributed by atoms with Crippen LogP contribution >= 0.6 is 0 Å². The Balaban J connectivity index is 2.52. The van der Waals surface area contributed by atoms with Crippen LogP contribution in [0.25, 0.3) is 0 Å². The van der Waals surface area contributed by atoms with Crippen molar-refractivity contribution in [2.24, 2.45) is 5.41 Å². The maximum absolute atomic E-state index is 11.7. The summed E-state index contributed by atoms with van der Waals surface area (Å²) in [4.78, 5) is 23.3. The van der Waals surface area contributed by atoms with Gasteiger partial charge in [-0.2, -0.15) is 0 Å². The molecule has 0 aromatic heterocycles. The van der Waals surface area contributed by atoms with Crippen molar-refractivity contribution in [1.82, 2.24) is 4.90 Å². The van der Waals surface area contributed by atoms with Crippen molar-refractivity contribution >= 4 is 11.9 Å². The van der Waals surface area contributed by atoms with Crippen LogP contribution in [0.5, 0.6) is 0 Å². The summed E-state index contributed by atoms with van der Waals surface area (Å²) in [5, 5.41) is 8.50. The molecule has 1 aliphatic carbocycles. The molecule has 1 amide bonds. The van der Waals surface area contributed by atoms with Crippen LogP contribution in [0.2, 0.25) is 0 Å². The van der Waals surface area contributed by atoms with Crippen LogP contribution in [0.3, 0.4) is 0 Å². The predicted molar refractivity (Wildman–Crippen MR) is 47.2 cm³/mol. The highest BCUT2D eigenvalue weighted by atomic mass is 16.4. The third kappa shape index (κ3) is 1.99. The molecule has 0 aliphatic heterocycles. The van der Waals surface area contributed by atoms with Gasteiger partial charge in [0.15, 0.2) is 0 Å². The minimum atomic E-state index is -0.956. The minimum Gasteiger partial charge on any atom is -0.480 e. The molecule has 74 valence electrons. The maximum Gasteiger partial charge on any atom is 0.323 e. The molecule has 0 aromatic carbocycles. The number of nitrogens with zero attached hydrogens (tertiary/aromatic N) is 1. The summed E-state index contributed by atoms with van der Waals surface area (Å²) in [5.74, 6) is -0.972. The largest absolute Gasteiger partial charge is 0.480 e. The Morgan fingerprint density at radius 2 is 2.00 bits per heavy atom. The summed E-state index contributed by atoms with van der Waals surface area (Å²) in [7, 11) is 1.55. The van der Waals surface area contributed by atoms with E-state index in [9.17, 15) is 9.59 Å². The highest BCUT2D eigenvalue weighted by Crippen LogP contribution is 2.49. The van der Waals surface area contributed by atoms with Gasteiger partial charge in [0.25, 0.3) is 0 Å². The summed E-state index contributed by atoms with van der Waals surface area (Å²) in [6.45, 7) is 1.78. The second kappa shape index (κ2) is 3.36. The molecule has 0 radical (unpaired) electrons. The first-order chi connectivity index (χ1) is 6.02. The Morgan fingerprint density at radius 1 is 1.46 bits per heavy atom. The summed E-state index contributed by atoms with van der Waals surface area (Å²) in [6, 6.07) is 0.